The van der Waals surface area contributed by atoms with E-state index in [1.54, 1.807) is 41.8 Å². The van der Waals surface area contributed by atoms with Crippen LogP contribution in [-0.4, -0.2) is 21.2 Å². The number of nitrogens with zero attached hydrogens (tertiary/aromatic N) is 2. The number of aromatic nitrogens is 2. The molecule has 2 aromatic heterocycles. The van der Waals surface area contributed by atoms with E-state index in [1.807, 2.05) is 6.92 Å². The second-order valence-corrected chi connectivity index (χ2v) is 8.64. The fraction of sp³-hybridized carbons (Fsp3) is 0.0952. The molecule has 0 aliphatic heterocycles. The molecule has 1 amide bonds. The maximum absolute atomic E-state index is 14.4. The van der Waals surface area contributed by atoms with Gasteiger partial charge in [-0.1, -0.05) is 41.6 Å². The summed E-state index contributed by atoms with van der Waals surface area (Å²) in [6.45, 7) is 1.81. The molecule has 0 radical (unpaired) electrons. The summed E-state index contributed by atoms with van der Waals surface area (Å²) in [5.41, 5.74) is 1.62. The van der Waals surface area contributed by atoms with Crippen LogP contribution < -0.4 is 10.9 Å². The van der Waals surface area contributed by atoms with Crippen molar-refractivity contribution in [3.63, 3.8) is 0 Å². The predicted octanol–water partition coefficient (Wildman–Crippen LogP) is 5.28. The van der Waals surface area contributed by atoms with Crippen LogP contribution in [0.3, 0.4) is 0 Å². The molecule has 1 N–H and O–H groups in total. The van der Waals surface area contributed by atoms with Crippen LogP contribution in [0.5, 0.6) is 0 Å². The van der Waals surface area contributed by atoms with Gasteiger partial charge in [0, 0.05) is 10.7 Å². The van der Waals surface area contributed by atoms with Gasteiger partial charge >= 0.3 is 0 Å². The third-order valence-electron chi connectivity index (χ3n) is 4.42. The number of amides is 1. The van der Waals surface area contributed by atoms with E-state index in [9.17, 15) is 14.0 Å². The quantitative estimate of drug-likeness (QED) is 0.326. The van der Waals surface area contributed by atoms with E-state index in [1.165, 1.54) is 28.0 Å². The minimum absolute atomic E-state index is 0.0114. The Morgan fingerprint density at radius 3 is 2.83 bits per heavy atom. The molecule has 9 heteroatoms. The highest BCUT2D eigenvalue weighted by atomic mass is 35.5. The molecule has 0 spiro atoms. The number of anilines is 1. The molecule has 0 saturated heterocycles. The van der Waals surface area contributed by atoms with Crippen molar-refractivity contribution in [2.75, 3.05) is 11.1 Å². The molecular weight excluding hydrogens is 445 g/mol. The molecule has 4 aromatic rings. The van der Waals surface area contributed by atoms with Crippen molar-refractivity contribution in [3.05, 3.63) is 80.7 Å². The lowest BCUT2D eigenvalue weighted by Crippen LogP contribution is -2.23. The highest BCUT2D eigenvalue weighted by Gasteiger charge is 2.18. The number of nitrogens with one attached hydrogen (secondary N) is 1. The number of benzene rings is 2. The second kappa shape index (κ2) is 8.59. The minimum Gasteiger partial charge on any atom is -0.325 e. The lowest BCUT2D eigenvalue weighted by atomic mass is 10.2. The average molecular weight is 460 g/mol. The van der Waals surface area contributed by atoms with Crippen LogP contribution in [-0.2, 0) is 4.79 Å². The summed E-state index contributed by atoms with van der Waals surface area (Å²) >= 11 is 8.41. The fourth-order valence-corrected chi connectivity index (χ4v) is 4.63. The standard InChI is InChI=1S/C21H15ClFN3O2S2/c1-12-13(22)5-4-7-15(12)24-18(27)11-30-21-25-16-9-10-29-19(16)20(28)26(21)17-8-3-2-6-14(17)23/h2-10H,11H2,1H3,(H,24,27). The van der Waals surface area contributed by atoms with Crippen molar-refractivity contribution < 1.29 is 9.18 Å². The Balaban J connectivity index is 1.66. The monoisotopic (exact) mass is 459 g/mol. The van der Waals surface area contributed by atoms with Crippen LogP contribution in [0.4, 0.5) is 10.1 Å². The van der Waals surface area contributed by atoms with Crippen molar-refractivity contribution >= 4 is 56.5 Å². The van der Waals surface area contributed by atoms with Crippen LogP contribution in [0, 0.1) is 12.7 Å². The first-order chi connectivity index (χ1) is 14.5. The third-order valence-corrected chi connectivity index (χ3v) is 6.66. The van der Waals surface area contributed by atoms with Crippen LogP contribution in [0.1, 0.15) is 5.56 Å². The SMILES string of the molecule is Cc1c(Cl)cccc1NC(=O)CSc1nc2ccsc2c(=O)n1-c1ccccc1F. The van der Waals surface area contributed by atoms with Gasteiger partial charge in [0.2, 0.25) is 5.91 Å². The number of halogens is 2. The van der Waals surface area contributed by atoms with Crippen LogP contribution in [0.25, 0.3) is 15.9 Å². The number of para-hydroxylation sites is 1. The molecule has 0 bridgehead atoms. The van der Waals surface area contributed by atoms with Gasteiger partial charge in [0.05, 0.1) is 17.0 Å². The number of thioether (sulfide) groups is 1. The number of fused-ring (bicyclic) bond motifs is 1. The van der Waals surface area contributed by atoms with Crippen molar-refractivity contribution in [1.82, 2.24) is 9.55 Å². The third kappa shape index (κ3) is 3.98. The zero-order chi connectivity index (χ0) is 21.3. The molecular formula is C21H15ClFN3O2S2. The fourth-order valence-electron chi connectivity index (χ4n) is 2.89. The largest absolute Gasteiger partial charge is 0.325 e. The normalized spacial score (nSPS) is 11.0. The minimum atomic E-state index is -0.543. The van der Waals surface area contributed by atoms with Crippen LogP contribution in [0.15, 0.2) is 63.9 Å². The summed E-state index contributed by atoms with van der Waals surface area (Å²) < 4.78 is 16.1. The van der Waals surface area contributed by atoms with Crippen molar-refractivity contribution in [2.45, 2.75) is 12.1 Å². The van der Waals surface area contributed by atoms with Crippen molar-refractivity contribution in [2.24, 2.45) is 0 Å². The van der Waals surface area contributed by atoms with E-state index in [2.05, 4.69) is 10.3 Å². The van der Waals surface area contributed by atoms with Crippen molar-refractivity contribution in [1.29, 1.82) is 0 Å². The molecule has 4 rings (SSSR count). The summed E-state index contributed by atoms with van der Waals surface area (Å²) in [6.07, 6.45) is 0. The molecule has 0 unspecified atom stereocenters. The molecule has 0 atom stereocenters. The molecule has 0 saturated carbocycles. The Morgan fingerprint density at radius 1 is 1.23 bits per heavy atom. The summed E-state index contributed by atoms with van der Waals surface area (Å²) in [5.74, 6) is -0.842. The second-order valence-electron chi connectivity index (χ2n) is 6.37. The molecule has 0 aliphatic carbocycles. The van der Waals surface area contributed by atoms with Gasteiger partial charge in [0.25, 0.3) is 5.56 Å². The van der Waals surface area contributed by atoms with E-state index in [-0.39, 0.29) is 28.1 Å². The van der Waals surface area contributed by atoms with Gasteiger partial charge in [-0.3, -0.25) is 14.2 Å². The van der Waals surface area contributed by atoms with E-state index >= 15 is 0 Å². The number of hydrogen-bond donors (Lipinski definition) is 1. The Kier molecular flexibility index (Phi) is 5.90. The molecule has 2 aromatic carbocycles. The Bertz CT molecular complexity index is 1320. The van der Waals surface area contributed by atoms with Gasteiger partial charge < -0.3 is 5.32 Å². The number of carbonyl (C=O) groups excluding carboxylic acids is 1. The lowest BCUT2D eigenvalue weighted by Gasteiger charge is -2.13. The van der Waals surface area contributed by atoms with E-state index < -0.39 is 5.82 Å². The van der Waals surface area contributed by atoms with Gasteiger partial charge in [0.15, 0.2) is 5.16 Å². The molecule has 0 aliphatic rings. The topological polar surface area (TPSA) is 64.0 Å². The smallest absolute Gasteiger partial charge is 0.276 e. The maximum atomic E-state index is 14.4. The van der Waals surface area contributed by atoms with E-state index in [0.717, 1.165) is 17.3 Å². The van der Waals surface area contributed by atoms with Crippen LogP contribution >= 0.6 is 34.7 Å². The summed E-state index contributed by atoms with van der Waals surface area (Å²) in [7, 11) is 0. The molecule has 5 nitrogen and oxygen atoms in total. The van der Waals surface area contributed by atoms with Gasteiger partial charge in [-0.25, -0.2) is 9.37 Å². The van der Waals surface area contributed by atoms with Gasteiger partial charge in [-0.15, -0.1) is 11.3 Å². The zero-order valence-electron chi connectivity index (χ0n) is 15.7. The first-order valence-corrected chi connectivity index (χ1v) is 11.1. The summed E-state index contributed by atoms with van der Waals surface area (Å²) in [4.78, 5) is 30.0. The summed E-state index contributed by atoms with van der Waals surface area (Å²) in [6, 6.07) is 13.0. The van der Waals surface area contributed by atoms with E-state index in [4.69, 9.17) is 11.6 Å². The van der Waals surface area contributed by atoms with Crippen molar-refractivity contribution in [3.8, 4) is 5.69 Å². The lowest BCUT2D eigenvalue weighted by molar-refractivity contribution is -0.113. The summed E-state index contributed by atoms with van der Waals surface area (Å²) in [5, 5.41) is 5.36. The molecule has 30 heavy (non-hydrogen) atoms. The number of thiophene rings is 1. The first kappa shape index (κ1) is 20.6. The average Bonchev–Trinajstić information content (AvgIpc) is 3.20. The highest BCUT2D eigenvalue weighted by molar-refractivity contribution is 7.99. The number of hydrogen-bond acceptors (Lipinski definition) is 5. The van der Waals surface area contributed by atoms with E-state index in [0.29, 0.717) is 20.9 Å². The first-order valence-electron chi connectivity index (χ1n) is 8.88. The zero-order valence-corrected chi connectivity index (χ0v) is 18.1. The Hall–Kier alpha value is -2.68. The Labute approximate surface area is 184 Å². The molecule has 2 heterocycles. The Morgan fingerprint density at radius 2 is 2.03 bits per heavy atom. The molecule has 152 valence electrons. The number of rotatable bonds is 5. The van der Waals surface area contributed by atoms with Gasteiger partial charge in [0.1, 0.15) is 10.5 Å². The highest BCUT2D eigenvalue weighted by Crippen LogP contribution is 2.26. The van der Waals surface area contributed by atoms with Gasteiger partial charge in [-0.2, -0.15) is 0 Å². The van der Waals surface area contributed by atoms with Gasteiger partial charge in [-0.05, 0) is 48.2 Å². The number of carbonyl (C=O) groups is 1. The molecule has 0 fully saturated rings. The van der Waals surface area contributed by atoms with Crippen LogP contribution in [0.2, 0.25) is 5.02 Å². The predicted molar refractivity (Wildman–Crippen MR) is 121 cm³/mol. The maximum Gasteiger partial charge on any atom is 0.276 e.